The van der Waals surface area contributed by atoms with Gasteiger partial charge < -0.3 is 10.2 Å². The molecule has 5 atom stereocenters. The van der Waals surface area contributed by atoms with Gasteiger partial charge in [-0.3, -0.25) is 0 Å². The van der Waals surface area contributed by atoms with E-state index in [4.69, 9.17) is 0 Å². The number of aliphatic hydroxyl groups excluding tert-OH is 1. The molecule has 1 aromatic rings. The summed E-state index contributed by atoms with van der Waals surface area (Å²) in [6.07, 6.45) is 6.58. The highest BCUT2D eigenvalue weighted by Crippen LogP contribution is 2.61. The number of phenolic OH excluding ortho intramolecular Hbond substituents is 1. The molecule has 2 heteroatoms. The summed E-state index contributed by atoms with van der Waals surface area (Å²) in [5, 5.41) is 20.8. The molecule has 0 radical (unpaired) electrons. The second-order valence-corrected chi connectivity index (χ2v) is 7.85. The van der Waals surface area contributed by atoms with Gasteiger partial charge >= 0.3 is 0 Å². The first-order valence-electron chi connectivity index (χ1n) is 8.52. The van der Waals surface area contributed by atoms with Crippen molar-refractivity contribution in [3.05, 3.63) is 28.8 Å². The van der Waals surface area contributed by atoms with Gasteiger partial charge in [-0.2, -0.15) is 0 Å². The van der Waals surface area contributed by atoms with Gasteiger partial charge in [0.2, 0.25) is 0 Å². The van der Waals surface area contributed by atoms with Crippen LogP contribution in [0, 0.1) is 24.2 Å². The Morgan fingerprint density at radius 2 is 1.95 bits per heavy atom. The van der Waals surface area contributed by atoms with E-state index in [0.717, 1.165) is 25.7 Å². The van der Waals surface area contributed by atoms with Crippen molar-refractivity contribution >= 4 is 0 Å². The molecule has 2 fully saturated rings. The minimum Gasteiger partial charge on any atom is -0.508 e. The zero-order valence-electron chi connectivity index (χ0n) is 13.1. The van der Waals surface area contributed by atoms with Crippen molar-refractivity contribution in [3.8, 4) is 5.75 Å². The van der Waals surface area contributed by atoms with E-state index in [1.54, 1.807) is 0 Å². The fourth-order valence-electron chi connectivity index (χ4n) is 5.84. The van der Waals surface area contributed by atoms with E-state index < -0.39 is 0 Å². The summed E-state index contributed by atoms with van der Waals surface area (Å²) in [7, 11) is 0. The SMILES string of the molecule is Cc1ccc(O)c2c1CC[C@@H]1[C@@H]2CC[C@]2(C)[C@H](O)CC[C@@H]12. The summed E-state index contributed by atoms with van der Waals surface area (Å²) in [6.45, 7) is 4.47. The first-order chi connectivity index (χ1) is 10.0. The molecule has 0 unspecified atom stereocenters. The second-order valence-electron chi connectivity index (χ2n) is 7.85. The van der Waals surface area contributed by atoms with Crippen LogP contribution in [0.1, 0.15) is 61.6 Å². The zero-order chi connectivity index (χ0) is 14.8. The summed E-state index contributed by atoms with van der Waals surface area (Å²) < 4.78 is 0. The van der Waals surface area contributed by atoms with Gasteiger partial charge in [-0.1, -0.05) is 13.0 Å². The quantitative estimate of drug-likeness (QED) is 0.759. The normalized spacial score (nSPS) is 41.3. The molecule has 2 N–H and O–H groups in total. The van der Waals surface area contributed by atoms with Crippen molar-refractivity contribution in [2.75, 3.05) is 0 Å². The highest BCUT2D eigenvalue weighted by Gasteiger charge is 2.54. The molecule has 0 bridgehead atoms. The minimum atomic E-state index is -0.115. The molecule has 4 rings (SSSR count). The predicted octanol–water partition coefficient (Wildman–Crippen LogP) is 3.92. The standard InChI is InChI=1S/C19H26O2/c1-11-3-7-16(20)18-12(11)4-5-13-14(18)9-10-19(2)15(13)6-8-17(19)21/h3,7,13-15,17,20-21H,4-6,8-10H2,1-2H3/t13-,14+,15+,17-,19+/m1/s1. The van der Waals surface area contributed by atoms with Crippen LogP contribution in [0.25, 0.3) is 0 Å². The van der Waals surface area contributed by atoms with Crippen LogP contribution in [-0.4, -0.2) is 16.3 Å². The van der Waals surface area contributed by atoms with Crippen LogP contribution in [0.2, 0.25) is 0 Å². The molecule has 0 saturated heterocycles. The van der Waals surface area contributed by atoms with Gasteiger partial charge in [-0.25, -0.2) is 0 Å². The molecule has 3 aliphatic rings. The van der Waals surface area contributed by atoms with Gasteiger partial charge in [-0.05, 0) is 85.8 Å². The highest BCUT2D eigenvalue weighted by molar-refractivity contribution is 5.48. The summed E-state index contributed by atoms with van der Waals surface area (Å²) in [5.74, 6) is 2.31. The summed E-state index contributed by atoms with van der Waals surface area (Å²) >= 11 is 0. The maximum absolute atomic E-state index is 10.4. The van der Waals surface area contributed by atoms with E-state index in [9.17, 15) is 10.2 Å². The maximum atomic E-state index is 10.4. The molecule has 0 heterocycles. The third-order valence-corrected chi connectivity index (χ3v) is 7.05. The molecule has 0 aromatic heterocycles. The minimum absolute atomic E-state index is 0.115. The van der Waals surface area contributed by atoms with E-state index in [-0.39, 0.29) is 11.5 Å². The Morgan fingerprint density at radius 1 is 1.14 bits per heavy atom. The van der Waals surface area contributed by atoms with Gasteiger partial charge in [0, 0.05) is 5.56 Å². The monoisotopic (exact) mass is 286 g/mol. The first kappa shape index (κ1) is 13.6. The van der Waals surface area contributed by atoms with E-state index in [1.807, 2.05) is 6.07 Å². The number of aryl methyl sites for hydroxylation is 1. The first-order valence-corrected chi connectivity index (χ1v) is 8.52. The summed E-state index contributed by atoms with van der Waals surface area (Å²) in [5.41, 5.74) is 4.10. The number of rotatable bonds is 0. The van der Waals surface area contributed by atoms with Gasteiger partial charge in [-0.15, -0.1) is 0 Å². The Balaban J connectivity index is 1.77. The Hall–Kier alpha value is -1.02. The van der Waals surface area contributed by atoms with Gasteiger partial charge in [0.05, 0.1) is 6.10 Å². The largest absolute Gasteiger partial charge is 0.508 e. The van der Waals surface area contributed by atoms with E-state index >= 15 is 0 Å². The third kappa shape index (κ3) is 1.75. The third-order valence-electron chi connectivity index (χ3n) is 7.05. The Morgan fingerprint density at radius 3 is 2.76 bits per heavy atom. The topological polar surface area (TPSA) is 40.5 Å². The Kier molecular flexibility index (Phi) is 2.91. The fourth-order valence-corrected chi connectivity index (χ4v) is 5.84. The lowest BCUT2D eigenvalue weighted by molar-refractivity contribution is -0.0229. The fraction of sp³-hybridized carbons (Fsp3) is 0.684. The molecular formula is C19H26O2. The van der Waals surface area contributed by atoms with E-state index in [1.165, 1.54) is 29.5 Å². The molecule has 2 saturated carbocycles. The molecule has 1 aromatic carbocycles. The van der Waals surface area contributed by atoms with Crippen molar-refractivity contribution < 1.29 is 10.2 Å². The molecular weight excluding hydrogens is 260 g/mol. The Bertz CT molecular complexity index is 579. The van der Waals surface area contributed by atoms with Gasteiger partial charge in [0.1, 0.15) is 5.75 Å². The summed E-state index contributed by atoms with van der Waals surface area (Å²) in [4.78, 5) is 0. The molecule has 2 nitrogen and oxygen atoms in total. The van der Waals surface area contributed by atoms with Crippen molar-refractivity contribution in [1.29, 1.82) is 0 Å². The van der Waals surface area contributed by atoms with Crippen molar-refractivity contribution in [2.24, 2.45) is 17.3 Å². The number of aliphatic hydroxyl groups is 1. The number of hydrogen-bond donors (Lipinski definition) is 2. The highest BCUT2D eigenvalue weighted by atomic mass is 16.3. The molecule has 3 aliphatic carbocycles. The second kappa shape index (κ2) is 4.49. The number of hydrogen-bond acceptors (Lipinski definition) is 2. The lowest BCUT2D eigenvalue weighted by atomic mass is 9.55. The van der Waals surface area contributed by atoms with Crippen LogP contribution in [0.3, 0.4) is 0 Å². The van der Waals surface area contributed by atoms with Crippen LogP contribution >= 0.6 is 0 Å². The predicted molar refractivity (Wildman–Crippen MR) is 83.5 cm³/mol. The maximum Gasteiger partial charge on any atom is 0.119 e. The lowest BCUT2D eigenvalue weighted by Crippen LogP contribution is -2.44. The molecule has 0 spiro atoms. The number of benzene rings is 1. The van der Waals surface area contributed by atoms with Crippen molar-refractivity contribution in [2.45, 2.75) is 64.4 Å². The molecule has 0 amide bonds. The van der Waals surface area contributed by atoms with Crippen LogP contribution in [-0.2, 0) is 6.42 Å². The Labute approximate surface area is 127 Å². The van der Waals surface area contributed by atoms with Crippen molar-refractivity contribution in [1.82, 2.24) is 0 Å². The number of fused-ring (bicyclic) bond motifs is 5. The van der Waals surface area contributed by atoms with Gasteiger partial charge in [0.25, 0.3) is 0 Å². The summed E-state index contributed by atoms with van der Waals surface area (Å²) in [6, 6.07) is 3.94. The van der Waals surface area contributed by atoms with Crippen LogP contribution in [0.5, 0.6) is 5.75 Å². The molecule has 0 aliphatic heterocycles. The average Bonchev–Trinajstić information content (AvgIpc) is 2.78. The molecule has 114 valence electrons. The van der Waals surface area contributed by atoms with Crippen LogP contribution in [0.15, 0.2) is 12.1 Å². The number of phenols is 1. The lowest BCUT2D eigenvalue weighted by Gasteiger charge is -2.50. The smallest absolute Gasteiger partial charge is 0.119 e. The van der Waals surface area contributed by atoms with Gasteiger partial charge in [0.15, 0.2) is 0 Å². The zero-order valence-corrected chi connectivity index (χ0v) is 13.1. The van der Waals surface area contributed by atoms with Crippen LogP contribution in [0.4, 0.5) is 0 Å². The van der Waals surface area contributed by atoms with E-state index in [2.05, 4.69) is 19.9 Å². The molecule has 21 heavy (non-hydrogen) atoms. The number of aromatic hydroxyl groups is 1. The van der Waals surface area contributed by atoms with Crippen LogP contribution < -0.4 is 0 Å². The van der Waals surface area contributed by atoms with Crippen molar-refractivity contribution in [3.63, 3.8) is 0 Å². The van der Waals surface area contributed by atoms with E-state index in [0.29, 0.717) is 23.5 Å². The average molecular weight is 286 g/mol.